The molecule has 2 N–H and O–H groups in total. The summed E-state index contributed by atoms with van der Waals surface area (Å²) < 4.78 is 11.3. The second-order valence-electron chi connectivity index (χ2n) is 5.54. The molecule has 0 radical (unpaired) electrons. The van der Waals surface area contributed by atoms with Crippen molar-refractivity contribution in [2.24, 2.45) is 5.73 Å². The van der Waals surface area contributed by atoms with Crippen molar-refractivity contribution in [2.45, 2.75) is 39.5 Å². The number of morpholine rings is 1. The number of ether oxygens (including phenoxy) is 2. The molecule has 1 aliphatic heterocycles. The summed E-state index contributed by atoms with van der Waals surface area (Å²) in [5.41, 5.74) is 8.99. The molecule has 2 heterocycles. The monoisotopic (exact) mass is 279 g/mol. The first-order chi connectivity index (χ1) is 9.55. The van der Waals surface area contributed by atoms with Gasteiger partial charge in [0.1, 0.15) is 5.75 Å². The number of pyridine rings is 1. The molecule has 1 aromatic heterocycles. The van der Waals surface area contributed by atoms with Gasteiger partial charge in [-0.15, -0.1) is 0 Å². The summed E-state index contributed by atoms with van der Waals surface area (Å²) in [4.78, 5) is 6.92. The lowest BCUT2D eigenvalue weighted by Crippen LogP contribution is -2.48. The van der Waals surface area contributed by atoms with Crippen LogP contribution in [-0.2, 0) is 11.3 Å². The third kappa shape index (κ3) is 3.29. The summed E-state index contributed by atoms with van der Waals surface area (Å²) in [5.74, 6) is 0.937. The number of rotatable bonds is 4. The first-order valence-corrected chi connectivity index (χ1v) is 7.12. The van der Waals surface area contributed by atoms with Gasteiger partial charge in [0.05, 0.1) is 25.0 Å². The van der Waals surface area contributed by atoms with Crippen LogP contribution in [0.3, 0.4) is 0 Å². The van der Waals surface area contributed by atoms with Crippen LogP contribution in [0.25, 0.3) is 0 Å². The minimum absolute atomic E-state index is 0.117. The Hall–Kier alpha value is -1.17. The van der Waals surface area contributed by atoms with Crippen LogP contribution in [0, 0.1) is 13.8 Å². The minimum atomic E-state index is 0.117. The average Bonchev–Trinajstić information content (AvgIpc) is 2.42. The second-order valence-corrected chi connectivity index (χ2v) is 5.54. The summed E-state index contributed by atoms with van der Waals surface area (Å²) in [7, 11) is 1.71. The van der Waals surface area contributed by atoms with E-state index in [1.54, 1.807) is 7.11 Å². The van der Waals surface area contributed by atoms with Gasteiger partial charge in [-0.05, 0) is 20.8 Å². The van der Waals surface area contributed by atoms with Crippen molar-refractivity contribution in [3.8, 4) is 5.75 Å². The van der Waals surface area contributed by atoms with Gasteiger partial charge in [0.25, 0.3) is 0 Å². The van der Waals surface area contributed by atoms with Crippen molar-refractivity contribution in [2.75, 3.05) is 26.7 Å². The lowest BCUT2D eigenvalue weighted by Gasteiger charge is -2.36. The summed E-state index contributed by atoms with van der Waals surface area (Å²) in [5, 5.41) is 0. The Balaban J connectivity index is 2.13. The topological polar surface area (TPSA) is 60.6 Å². The maximum Gasteiger partial charge on any atom is 0.128 e. The van der Waals surface area contributed by atoms with Crippen LogP contribution in [0.5, 0.6) is 5.75 Å². The van der Waals surface area contributed by atoms with Crippen LogP contribution in [0.15, 0.2) is 6.20 Å². The maximum atomic E-state index is 5.79. The Bertz CT molecular complexity index is 465. The molecule has 0 spiro atoms. The van der Waals surface area contributed by atoms with E-state index in [0.29, 0.717) is 6.54 Å². The van der Waals surface area contributed by atoms with Gasteiger partial charge in [0.2, 0.25) is 0 Å². The van der Waals surface area contributed by atoms with Gasteiger partial charge in [-0.3, -0.25) is 9.88 Å². The van der Waals surface area contributed by atoms with Gasteiger partial charge in [-0.2, -0.15) is 0 Å². The van der Waals surface area contributed by atoms with E-state index >= 15 is 0 Å². The van der Waals surface area contributed by atoms with E-state index in [1.165, 1.54) is 0 Å². The zero-order valence-corrected chi connectivity index (χ0v) is 12.8. The van der Waals surface area contributed by atoms with Crippen LogP contribution < -0.4 is 10.5 Å². The van der Waals surface area contributed by atoms with Crippen molar-refractivity contribution in [1.29, 1.82) is 0 Å². The molecule has 1 aromatic rings. The fourth-order valence-electron chi connectivity index (χ4n) is 2.84. The van der Waals surface area contributed by atoms with Crippen LogP contribution in [-0.4, -0.2) is 48.8 Å². The van der Waals surface area contributed by atoms with E-state index in [0.717, 1.165) is 42.2 Å². The van der Waals surface area contributed by atoms with Crippen LogP contribution in [0.2, 0.25) is 0 Å². The highest BCUT2D eigenvalue weighted by Gasteiger charge is 2.25. The Kier molecular flexibility index (Phi) is 4.96. The highest BCUT2D eigenvalue weighted by Crippen LogP contribution is 2.25. The number of aryl methyl sites for hydroxylation is 1. The Morgan fingerprint density at radius 1 is 1.45 bits per heavy atom. The zero-order chi connectivity index (χ0) is 14.7. The fraction of sp³-hybridized carbons (Fsp3) is 0.667. The smallest absolute Gasteiger partial charge is 0.128 e. The van der Waals surface area contributed by atoms with Crippen molar-refractivity contribution >= 4 is 0 Å². The minimum Gasteiger partial charge on any atom is -0.496 e. The fourth-order valence-corrected chi connectivity index (χ4v) is 2.84. The first kappa shape index (κ1) is 15.2. The molecule has 0 aromatic carbocycles. The van der Waals surface area contributed by atoms with Gasteiger partial charge in [0, 0.05) is 43.5 Å². The van der Waals surface area contributed by atoms with E-state index in [9.17, 15) is 0 Å². The van der Waals surface area contributed by atoms with Crippen molar-refractivity contribution in [3.63, 3.8) is 0 Å². The third-order valence-corrected chi connectivity index (χ3v) is 3.79. The standard InChI is InChI=1S/C15H25N3O2/c1-10-6-17-14(12(3)15(10)19-4)9-18-7-11(2)20-13(5-16)8-18/h6,11,13H,5,7-9,16H2,1-4H3. The Morgan fingerprint density at radius 3 is 2.85 bits per heavy atom. The molecule has 5 nitrogen and oxygen atoms in total. The average molecular weight is 279 g/mol. The molecule has 1 saturated heterocycles. The first-order valence-electron chi connectivity index (χ1n) is 7.12. The molecular formula is C15H25N3O2. The lowest BCUT2D eigenvalue weighted by atomic mass is 10.1. The Labute approximate surface area is 121 Å². The number of nitrogens with two attached hydrogens (primary N) is 1. The van der Waals surface area contributed by atoms with E-state index in [4.69, 9.17) is 15.2 Å². The normalized spacial score (nSPS) is 23.9. The highest BCUT2D eigenvalue weighted by molar-refractivity contribution is 5.41. The summed E-state index contributed by atoms with van der Waals surface area (Å²) in [6.45, 7) is 9.32. The van der Waals surface area contributed by atoms with E-state index in [1.807, 2.05) is 13.1 Å². The Morgan fingerprint density at radius 2 is 2.20 bits per heavy atom. The number of nitrogens with zero attached hydrogens (tertiary/aromatic N) is 2. The van der Waals surface area contributed by atoms with Crippen LogP contribution in [0.4, 0.5) is 0 Å². The number of hydrogen-bond donors (Lipinski definition) is 1. The molecule has 2 unspecified atom stereocenters. The molecule has 2 rings (SSSR count). The maximum absolute atomic E-state index is 5.79. The highest BCUT2D eigenvalue weighted by atomic mass is 16.5. The van der Waals surface area contributed by atoms with Crippen molar-refractivity contribution < 1.29 is 9.47 Å². The predicted molar refractivity (Wildman–Crippen MR) is 78.9 cm³/mol. The second kappa shape index (κ2) is 6.52. The molecule has 1 fully saturated rings. The zero-order valence-electron chi connectivity index (χ0n) is 12.8. The molecule has 2 atom stereocenters. The van der Waals surface area contributed by atoms with Crippen molar-refractivity contribution in [3.05, 3.63) is 23.0 Å². The summed E-state index contributed by atoms with van der Waals surface area (Å²) in [6.07, 6.45) is 2.21. The largest absolute Gasteiger partial charge is 0.496 e. The van der Waals surface area contributed by atoms with Gasteiger partial charge < -0.3 is 15.2 Å². The molecule has 0 amide bonds. The molecular weight excluding hydrogens is 254 g/mol. The quantitative estimate of drug-likeness (QED) is 0.899. The van der Waals surface area contributed by atoms with E-state index in [-0.39, 0.29) is 12.2 Å². The summed E-state index contributed by atoms with van der Waals surface area (Å²) >= 11 is 0. The predicted octanol–water partition coefficient (Wildman–Crippen LogP) is 1.26. The summed E-state index contributed by atoms with van der Waals surface area (Å²) in [6, 6.07) is 0. The van der Waals surface area contributed by atoms with Gasteiger partial charge >= 0.3 is 0 Å². The number of hydrogen-bond acceptors (Lipinski definition) is 5. The number of methoxy groups -OCH3 is 1. The molecule has 112 valence electrons. The van der Waals surface area contributed by atoms with Gasteiger partial charge in [-0.1, -0.05) is 0 Å². The lowest BCUT2D eigenvalue weighted by molar-refractivity contribution is -0.0748. The van der Waals surface area contributed by atoms with Gasteiger partial charge in [-0.25, -0.2) is 0 Å². The van der Waals surface area contributed by atoms with Crippen molar-refractivity contribution in [1.82, 2.24) is 9.88 Å². The van der Waals surface area contributed by atoms with E-state index in [2.05, 4.69) is 23.7 Å². The molecule has 5 heteroatoms. The van der Waals surface area contributed by atoms with Gasteiger partial charge in [0.15, 0.2) is 0 Å². The van der Waals surface area contributed by atoms with E-state index < -0.39 is 0 Å². The van der Waals surface area contributed by atoms with Crippen LogP contribution >= 0.6 is 0 Å². The number of aromatic nitrogens is 1. The molecule has 0 bridgehead atoms. The molecule has 0 aliphatic carbocycles. The third-order valence-electron chi connectivity index (χ3n) is 3.79. The SMILES string of the molecule is COc1c(C)cnc(CN2CC(C)OC(CN)C2)c1C. The molecule has 1 aliphatic rings. The van der Waals surface area contributed by atoms with Crippen LogP contribution in [0.1, 0.15) is 23.7 Å². The molecule has 20 heavy (non-hydrogen) atoms. The molecule has 0 saturated carbocycles.